The standard InChI is InChI=1S/C13H13Cl2N3/c1-7-10(14)5-4-6-11(7)18-13-8(2)12(15)16-9(3)17-13/h4-6H,1-3H3,(H,16,17,18). The topological polar surface area (TPSA) is 37.8 Å². The largest absolute Gasteiger partial charge is 0.340 e. The molecule has 0 atom stereocenters. The Morgan fingerprint density at radius 3 is 2.44 bits per heavy atom. The Morgan fingerprint density at radius 1 is 1.00 bits per heavy atom. The van der Waals surface area contributed by atoms with Gasteiger partial charge < -0.3 is 5.32 Å². The quantitative estimate of drug-likeness (QED) is 0.827. The number of anilines is 2. The Labute approximate surface area is 116 Å². The summed E-state index contributed by atoms with van der Waals surface area (Å²) >= 11 is 12.1. The number of benzene rings is 1. The van der Waals surface area contributed by atoms with Crippen LogP contribution in [0.2, 0.25) is 10.2 Å². The molecule has 2 rings (SSSR count). The molecule has 0 amide bonds. The second kappa shape index (κ2) is 5.12. The van der Waals surface area contributed by atoms with E-state index in [0.717, 1.165) is 21.8 Å². The van der Waals surface area contributed by atoms with E-state index in [1.807, 2.05) is 32.0 Å². The van der Waals surface area contributed by atoms with Crippen molar-refractivity contribution in [3.8, 4) is 0 Å². The van der Waals surface area contributed by atoms with E-state index in [2.05, 4.69) is 15.3 Å². The fraction of sp³-hybridized carbons (Fsp3) is 0.231. The number of aromatic nitrogens is 2. The van der Waals surface area contributed by atoms with Gasteiger partial charge in [0.15, 0.2) is 0 Å². The van der Waals surface area contributed by atoms with Crippen LogP contribution < -0.4 is 5.32 Å². The second-order valence-corrected chi connectivity index (χ2v) is 4.84. The van der Waals surface area contributed by atoms with Gasteiger partial charge in [-0.1, -0.05) is 29.3 Å². The maximum atomic E-state index is 6.08. The molecular formula is C13H13Cl2N3. The monoisotopic (exact) mass is 281 g/mol. The highest BCUT2D eigenvalue weighted by Gasteiger charge is 2.09. The van der Waals surface area contributed by atoms with E-state index in [1.165, 1.54) is 0 Å². The first-order chi connectivity index (χ1) is 8.49. The van der Waals surface area contributed by atoms with Crippen LogP contribution in [0.1, 0.15) is 17.0 Å². The smallest absolute Gasteiger partial charge is 0.138 e. The summed E-state index contributed by atoms with van der Waals surface area (Å²) < 4.78 is 0. The van der Waals surface area contributed by atoms with E-state index < -0.39 is 0 Å². The maximum Gasteiger partial charge on any atom is 0.138 e. The molecule has 0 aliphatic carbocycles. The molecule has 18 heavy (non-hydrogen) atoms. The minimum absolute atomic E-state index is 0.463. The summed E-state index contributed by atoms with van der Waals surface area (Å²) in [6.07, 6.45) is 0. The van der Waals surface area contributed by atoms with Gasteiger partial charge in [-0.3, -0.25) is 0 Å². The van der Waals surface area contributed by atoms with Crippen molar-refractivity contribution in [2.24, 2.45) is 0 Å². The van der Waals surface area contributed by atoms with Crippen molar-refractivity contribution >= 4 is 34.7 Å². The van der Waals surface area contributed by atoms with E-state index in [-0.39, 0.29) is 0 Å². The third-order valence-corrected chi connectivity index (χ3v) is 3.50. The highest BCUT2D eigenvalue weighted by Crippen LogP contribution is 2.28. The number of aryl methyl sites for hydroxylation is 1. The Morgan fingerprint density at radius 2 is 1.72 bits per heavy atom. The molecule has 0 spiro atoms. The summed E-state index contributed by atoms with van der Waals surface area (Å²) in [5.41, 5.74) is 2.72. The molecule has 0 aliphatic rings. The molecule has 0 aliphatic heterocycles. The van der Waals surface area contributed by atoms with Gasteiger partial charge >= 0.3 is 0 Å². The summed E-state index contributed by atoms with van der Waals surface area (Å²) in [7, 11) is 0. The van der Waals surface area contributed by atoms with Crippen LogP contribution in [0.25, 0.3) is 0 Å². The molecule has 0 bridgehead atoms. The zero-order valence-electron chi connectivity index (χ0n) is 10.4. The van der Waals surface area contributed by atoms with Crippen molar-refractivity contribution in [1.82, 2.24) is 9.97 Å². The third-order valence-electron chi connectivity index (χ3n) is 2.72. The SMILES string of the molecule is Cc1nc(Cl)c(C)c(Nc2cccc(Cl)c2C)n1. The van der Waals surface area contributed by atoms with Gasteiger partial charge in [-0.25, -0.2) is 9.97 Å². The Bertz CT molecular complexity index is 597. The van der Waals surface area contributed by atoms with Gasteiger partial charge in [-0.15, -0.1) is 0 Å². The third kappa shape index (κ3) is 2.57. The molecule has 0 saturated carbocycles. The second-order valence-electron chi connectivity index (χ2n) is 4.07. The molecule has 5 heteroatoms. The van der Waals surface area contributed by atoms with Crippen LogP contribution in [-0.2, 0) is 0 Å². The summed E-state index contributed by atoms with van der Waals surface area (Å²) in [6.45, 7) is 5.64. The van der Waals surface area contributed by atoms with Gasteiger partial charge in [-0.05, 0) is 38.5 Å². The van der Waals surface area contributed by atoms with Gasteiger partial charge in [0.2, 0.25) is 0 Å². The van der Waals surface area contributed by atoms with Gasteiger partial charge in [0.05, 0.1) is 0 Å². The first-order valence-corrected chi connectivity index (χ1v) is 6.27. The predicted octanol–water partition coefficient (Wildman–Crippen LogP) is 4.45. The average molecular weight is 282 g/mol. The number of nitrogens with zero attached hydrogens (tertiary/aromatic N) is 2. The number of hydrogen-bond donors (Lipinski definition) is 1. The van der Waals surface area contributed by atoms with Crippen LogP contribution in [0.4, 0.5) is 11.5 Å². The van der Waals surface area contributed by atoms with Gasteiger partial charge in [0.25, 0.3) is 0 Å². The van der Waals surface area contributed by atoms with Gasteiger partial charge in [0.1, 0.15) is 16.8 Å². The highest BCUT2D eigenvalue weighted by atomic mass is 35.5. The number of halogens is 2. The lowest BCUT2D eigenvalue weighted by molar-refractivity contribution is 1.04. The van der Waals surface area contributed by atoms with Crippen LogP contribution in [0.3, 0.4) is 0 Å². The number of rotatable bonds is 2. The molecule has 94 valence electrons. The van der Waals surface area contributed by atoms with Crippen LogP contribution in [-0.4, -0.2) is 9.97 Å². The minimum atomic E-state index is 0.463. The summed E-state index contributed by atoms with van der Waals surface area (Å²) in [4.78, 5) is 8.45. The zero-order chi connectivity index (χ0) is 13.3. The molecule has 0 radical (unpaired) electrons. The predicted molar refractivity (Wildman–Crippen MR) is 76.0 cm³/mol. The molecular weight excluding hydrogens is 269 g/mol. The van der Waals surface area contributed by atoms with E-state index in [9.17, 15) is 0 Å². The number of hydrogen-bond acceptors (Lipinski definition) is 3. The Kier molecular flexibility index (Phi) is 3.73. The van der Waals surface area contributed by atoms with E-state index >= 15 is 0 Å². The van der Waals surface area contributed by atoms with Gasteiger partial charge in [-0.2, -0.15) is 0 Å². The van der Waals surface area contributed by atoms with Crippen LogP contribution in [0.15, 0.2) is 18.2 Å². The van der Waals surface area contributed by atoms with Crippen molar-refractivity contribution in [2.75, 3.05) is 5.32 Å². The lowest BCUT2D eigenvalue weighted by Gasteiger charge is -2.13. The molecule has 0 unspecified atom stereocenters. The van der Waals surface area contributed by atoms with Crippen molar-refractivity contribution in [2.45, 2.75) is 20.8 Å². The van der Waals surface area contributed by atoms with Crippen LogP contribution in [0, 0.1) is 20.8 Å². The lowest BCUT2D eigenvalue weighted by Crippen LogP contribution is -2.02. The fourth-order valence-electron chi connectivity index (χ4n) is 1.59. The molecule has 1 aromatic carbocycles. The minimum Gasteiger partial charge on any atom is -0.340 e. The lowest BCUT2D eigenvalue weighted by atomic mass is 10.2. The Hall–Kier alpha value is -1.32. The average Bonchev–Trinajstić information content (AvgIpc) is 2.31. The van der Waals surface area contributed by atoms with E-state index in [1.54, 1.807) is 6.92 Å². The van der Waals surface area contributed by atoms with E-state index in [4.69, 9.17) is 23.2 Å². The summed E-state index contributed by atoms with van der Waals surface area (Å²) in [6, 6.07) is 5.70. The molecule has 0 saturated heterocycles. The van der Waals surface area contributed by atoms with Crippen LogP contribution in [0.5, 0.6) is 0 Å². The van der Waals surface area contributed by atoms with Crippen molar-refractivity contribution in [1.29, 1.82) is 0 Å². The zero-order valence-corrected chi connectivity index (χ0v) is 11.9. The first kappa shape index (κ1) is 13.1. The molecule has 3 nitrogen and oxygen atoms in total. The fourth-order valence-corrected chi connectivity index (χ4v) is 1.97. The normalized spacial score (nSPS) is 10.5. The molecule has 1 heterocycles. The maximum absolute atomic E-state index is 6.08. The molecule has 1 aromatic heterocycles. The van der Waals surface area contributed by atoms with Crippen molar-refractivity contribution in [3.63, 3.8) is 0 Å². The van der Waals surface area contributed by atoms with Crippen LogP contribution >= 0.6 is 23.2 Å². The van der Waals surface area contributed by atoms with Crippen molar-refractivity contribution < 1.29 is 0 Å². The molecule has 0 fully saturated rings. The van der Waals surface area contributed by atoms with Crippen molar-refractivity contribution in [3.05, 3.63) is 45.3 Å². The van der Waals surface area contributed by atoms with Gasteiger partial charge in [0, 0.05) is 16.3 Å². The Balaban J connectivity index is 2.43. The summed E-state index contributed by atoms with van der Waals surface area (Å²) in [5, 5.41) is 4.42. The molecule has 1 N–H and O–H groups in total. The molecule has 2 aromatic rings. The summed E-state index contributed by atoms with van der Waals surface area (Å²) in [5.74, 6) is 1.34. The highest BCUT2D eigenvalue weighted by molar-refractivity contribution is 6.31. The first-order valence-electron chi connectivity index (χ1n) is 5.52. The van der Waals surface area contributed by atoms with E-state index in [0.29, 0.717) is 16.8 Å². The number of nitrogens with one attached hydrogen (secondary N) is 1.